The maximum Gasteiger partial charge on any atom is 0.302 e. The Morgan fingerprint density at radius 3 is 3.00 bits per heavy atom. The van der Waals surface area contributed by atoms with E-state index in [1.807, 2.05) is 0 Å². The highest BCUT2D eigenvalue weighted by Crippen LogP contribution is 2.14. The first-order chi connectivity index (χ1) is 6.68. The lowest BCUT2D eigenvalue weighted by Gasteiger charge is -2.09. The van der Waals surface area contributed by atoms with Crippen LogP contribution in [-0.4, -0.2) is 12.6 Å². The summed E-state index contributed by atoms with van der Waals surface area (Å²) in [7, 11) is 0. The molecule has 0 bridgehead atoms. The third kappa shape index (κ3) is 4.42. The zero-order valence-electron chi connectivity index (χ0n) is 8.66. The molecule has 14 heavy (non-hydrogen) atoms. The van der Waals surface area contributed by atoms with Crippen LogP contribution in [0.3, 0.4) is 0 Å². The van der Waals surface area contributed by atoms with Gasteiger partial charge in [0.25, 0.3) is 0 Å². The van der Waals surface area contributed by atoms with Gasteiger partial charge in [0, 0.05) is 11.8 Å². The Hall–Kier alpha value is -0.830. The molecule has 0 saturated heterocycles. The average molecular weight is 212 g/mol. The fraction of sp³-hybridized carbons (Fsp3) is 0.545. The molecule has 1 atom stereocenters. The van der Waals surface area contributed by atoms with Crippen molar-refractivity contribution >= 4 is 17.3 Å². The highest BCUT2D eigenvalue weighted by atomic mass is 32.1. The summed E-state index contributed by atoms with van der Waals surface area (Å²) in [5.41, 5.74) is 0. The van der Waals surface area contributed by atoms with Gasteiger partial charge in [-0.15, -0.1) is 11.3 Å². The number of aryl methyl sites for hydroxylation is 1. The predicted octanol–water partition coefficient (Wildman–Crippen LogP) is 2.88. The predicted molar refractivity (Wildman–Crippen MR) is 58.4 cm³/mol. The molecule has 78 valence electrons. The number of rotatable bonds is 5. The molecular weight excluding hydrogens is 196 g/mol. The van der Waals surface area contributed by atoms with Gasteiger partial charge >= 0.3 is 5.97 Å². The van der Waals surface area contributed by atoms with Crippen LogP contribution in [0.15, 0.2) is 17.5 Å². The molecule has 3 heteroatoms. The summed E-state index contributed by atoms with van der Waals surface area (Å²) in [6.45, 7) is 4.10. The van der Waals surface area contributed by atoms with Crippen molar-refractivity contribution in [2.75, 3.05) is 6.61 Å². The monoisotopic (exact) mass is 212 g/mol. The lowest BCUT2D eigenvalue weighted by molar-refractivity contribution is -0.142. The Labute approximate surface area is 88.9 Å². The van der Waals surface area contributed by atoms with Gasteiger partial charge in [0.05, 0.1) is 6.61 Å². The van der Waals surface area contributed by atoms with Crippen LogP contribution in [0.1, 0.15) is 25.1 Å². The van der Waals surface area contributed by atoms with E-state index < -0.39 is 0 Å². The van der Waals surface area contributed by atoms with Gasteiger partial charge in [0.2, 0.25) is 0 Å². The summed E-state index contributed by atoms with van der Waals surface area (Å²) in [6, 6.07) is 4.21. The van der Waals surface area contributed by atoms with Gasteiger partial charge in [0.15, 0.2) is 0 Å². The number of carbonyl (C=O) groups is 1. The van der Waals surface area contributed by atoms with Crippen molar-refractivity contribution in [1.29, 1.82) is 0 Å². The molecule has 1 aromatic rings. The van der Waals surface area contributed by atoms with Crippen LogP contribution in [0.4, 0.5) is 0 Å². The Kier molecular flexibility index (Phi) is 4.66. The highest BCUT2D eigenvalue weighted by molar-refractivity contribution is 7.09. The molecule has 0 aromatic carbocycles. The fourth-order valence-electron chi connectivity index (χ4n) is 1.19. The minimum absolute atomic E-state index is 0.187. The summed E-state index contributed by atoms with van der Waals surface area (Å²) in [4.78, 5) is 12.0. The van der Waals surface area contributed by atoms with E-state index in [0.717, 1.165) is 12.8 Å². The Bertz CT molecular complexity index is 267. The molecule has 0 saturated carbocycles. The van der Waals surface area contributed by atoms with E-state index in [4.69, 9.17) is 4.74 Å². The molecule has 0 unspecified atom stereocenters. The molecule has 1 rings (SSSR count). The quantitative estimate of drug-likeness (QED) is 0.701. The summed E-state index contributed by atoms with van der Waals surface area (Å²) in [5.74, 6) is 0.258. The second-order valence-electron chi connectivity index (χ2n) is 3.53. The smallest absolute Gasteiger partial charge is 0.302 e. The third-order valence-electron chi connectivity index (χ3n) is 2.03. The fourth-order valence-corrected chi connectivity index (χ4v) is 1.91. The molecule has 0 spiro atoms. The minimum Gasteiger partial charge on any atom is -0.466 e. The van der Waals surface area contributed by atoms with Gasteiger partial charge in [-0.2, -0.15) is 0 Å². The van der Waals surface area contributed by atoms with Crippen molar-refractivity contribution in [3.63, 3.8) is 0 Å². The van der Waals surface area contributed by atoms with Crippen LogP contribution in [0.2, 0.25) is 0 Å². The normalized spacial score (nSPS) is 12.4. The molecule has 0 radical (unpaired) electrons. The lowest BCUT2D eigenvalue weighted by Crippen LogP contribution is -2.09. The third-order valence-corrected chi connectivity index (χ3v) is 2.97. The van der Waals surface area contributed by atoms with Gasteiger partial charge in [-0.25, -0.2) is 0 Å². The SMILES string of the molecule is CC(=O)OC[C@@H](C)CCc1cccs1. The molecule has 2 nitrogen and oxygen atoms in total. The maximum absolute atomic E-state index is 10.6. The largest absolute Gasteiger partial charge is 0.466 e. The second kappa shape index (κ2) is 5.81. The molecule has 0 aliphatic rings. The van der Waals surface area contributed by atoms with Crippen molar-refractivity contribution < 1.29 is 9.53 Å². The van der Waals surface area contributed by atoms with Gasteiger partial charge in [0.1, 0.15) is 0 Å². The van der Waals surface area contributed by atoms with E-state index in [2.05, 4.69) is 24.4 Å². The number of ether oxygens (including phenoxy) is 1. The van der Waals surface area contributed by atoms with Crippen molar-refractivity contribution in [3.8, 4) is 0 Å². The van der Waals surface area contributed by atoms with Crippen LogP contribution in [0.5, 0.6) is 0 Å². The van der Waals surface area contributed by atoms with Crippen LogP contribution in [-0.2, 0) is 16.0 Å². The Morgan fingerprint density at radius 1 is 1.64 bits per heavy atom. The van der Waals surface area contributed by atoms with Gasteiger partial charge in [-0.3, -0.25) is 4.79 Å². The first-order valence-corrected chi connectivity index (χ1v) is 5.72. The van der Waals surface area contributed by atoms with Crippen molar-refractivity contribution in [3.05, 3.63) is 22.4 Å². The van der Waals surface area contributed by atoms with Crippen LogP contribution >= 0.6 is 11.3 Å². The van der Waals surface area contributed by atoms with Gasteiger partial charge < -0.3 is 4.74 Å². The first kappa shape index (κ1) is 11.2. The van der Waals surface area contributed by atoms with Crippen molar-refractivity contribution in [1.82, 2.24) is 0 Å². The highest BCUT2D eigenvalue weighted by Gasteiger charge is 2.05. The van der Waals surface area contributed by atoms with Crippen LogP contribution < -0.4 is 0 Å². The molecule has 1 aromatic heterocycles. The van der Waals surface area contributed by atoms with Crippen molar-refractivity contribution in [2.24, 2.45) is 5.92 Å². The molecule has 0 amide bonds. The maximum atomic E-state index is 10.6. The number of hydrogen-bond donors (Lipinski definition) is 0. The summed E-state index contributed by atoms with van der Waals surface area (Å²) >= 11 is 1.78. The molecule has 0 fully saturated rings. The number of hydrogen-bond acceptors (Lipinski definition) is 3. The van der Waals surface area contributed by atoms with E-state index in [9.17, 15) is 4.79 Å². The summed E-state index contributed by atoms with van der Waals surface area (Å²) in [5, 5.41) is 2.09. The minimum atomic E-state index is -0.187. The summed E-state index contributed by atoms with van der Waals surface area (Å²) in [6.07, 6.45) is 2.16. The Balaban J connectivity index is 2.15. The summed E-state index contributed by atoms with van der Waals surface area (Å²) < 4.78 is 4.94. The van der Waals surface area contributed by atoms with E-state index >= 15 is 0 Å². The zero-order valence-corrected chi connectivity index (χ0v) is 9.47. The standard InChI is InChI=1S/C11H16O2S/c1-9(8-13-10(2)12)5-6-11-4-3-7-14-11/h3-4,7,9H,5-6,8H2,1-2H3/t9-/m0/s1. The van der Waals surface area contributed by atoms with E-state index in [1.165, 1.54) is 11.8 Å². The first-order valence-electron chi connectivity index (χ1n) is 4.84. The molecule has 1 heterocycles. The van der Waals surface area contributed by atoms with Gasteiger partial charge in [-0.05, 0) is 30.2 Å². The van der Waals surface area contributed by atoms with Crippen molar-refractivity contribution in [2.45, 2.75) is 26.7 Å². The van der Waals surface area contributed by atoms with Crippen LogP contribution in [0.25, 0.3) is 0 Å². The van der Waals surface area contributed by atoms with Crippen LogP contribution in [0, 0.1) is 5.92 Å². The molecule has 0 aliphatic heterocycles. The van der Waals surface area contributed by atoms with E-state index in [0.29, 0.717) is 12.5 Å². The molecular formula is C11H16O2S. The lowest BCUT2D eigenvalue weighted by atomic mass is 10.1. The average Bonchev–Trinajstić information content (AvgIpc) is 2.63. The molecule has 0 aliphatic carbocycles. The topological polar surface area (TPSA) is 26.3 Å². The van der Waals surface area contributed by atoms with Gasteiger partial charge in [-0.1, -0.05) is 13.0 Å². The number of carbonyl (C=O) groups excluding carboxylic acids is 1. The number of esters is 1. The number of thiophene rings is 1. The second-order valence-corrected chi connectivity index (χ2v) is 4.56. The zero-order chi connectivity index (χ0) is 10.4. The Morgan fingerprint density at radius 2 is 2.43 bits per heavy atom. The van der Waals surface area contributed by atoms with E-state index in [-0.39, 0.29) is 5.97 Å². The van der Waals surface area contributed by atoms with E-state index in [1.54, 1.807) is 11.3 Å². The molecule has 0 N–H and O–H groups in total.